The number of carbonyl (C=O) groups is 1. The van der Waals surface area contributed by atoms with E-state index in [-0.39, 0.29) is 23.9 Å². The van der Waals surface area contributed by atoms with Crippen LogP contribution in [0.3, 0.4) is 0 Å². The van der Waals surface area contributed by atoms with Crippen molar-refractivity contribution in [2.75, 3.05) is 62.4 Å². The number of aromatic nitrogens is 4. The SMILES string of the molecule is CCc1nc2sc(N3CC[C@@H](N(C)CC(=O)N4CC(O)C4)C3)nn2c1N(C)c1nc(-c2ccc(F)cc2)c(N)s1. The Morgan fingerprint density at radius 3 is 2.62 bits per heavy atom. The zero-order valence-electron chi connectivity index (χ0n) is 22.6. The van der Waals surface area contributed by atoms with Crippen molar-refractivity contribution in [1.82, 2.24) is 29.4 Å². The van der Waals surface area contributed by atoms with Crippen molar-refractivity contribution in [3.8, 4) is 11.3 Å². The number of hydrogen-bond acceptors (Lipinski definition) is 11. The number of aliphatic hydroxyl groups is 1. The molecule has 0 radical (unpaired) electrons. The molecule has 40 heavy (non-hydrogen) atoms. The van der Waals surface area contributed by atoms with E-state index in [0.29, 0.717) is 35.5 Å². The van der Waals surface area contributed by atoms with Crippen LogP contribution in [0.5, 0.6) is 0 Å². The summed E-state index contributed by atoms with van der Waals surface area (Å²) in [6, 6.07) is 6.40. The van der Waals surface area contributed by atoms with Gasteiger partial charge >= 0.3 is 0 Å². The van der Waals surface area contributed by atoms with Crippen LogP contribution in [0, 0.1) is 5.82 Å². The molecule has 6 rings (SSSR count). The van der Waals surface area contributed by atoms with E-state index in [4.69, 9.17) is 20.8 Å². The molecule has 1 amide bonds. The first kappa shape index (κ1) is 26.9. The number of amides is 1. The number of imidazole rings is 1. The fraction of sp³-hybridized carbons (Fsp3) is 0.462. The first-order chi connectivity index (χ1) is 19.2. The van der Waals surface area contributed by atoms with E-state index in [9.17, 15) is 14.3 Å². The molecule has 1 atom stereocenters. The Labute approximate surface area is 239 Å². The molecule has 1 aromatic carbocycles. The number of β-amino-alcohol motifs (C(OH)–C–C–N with tert-alkyl or cyclic N) is 1. The van der Waals surface area contributed by atoms with E-state index >= 15 is 0 Å². The van der Waals surface area contributed by atoms with Gasteiger partial charge in [-0.3, -0.25) is 9.69 Å². The summed E-state index contributed by atoms with van der Waals surface area (Å²) in [5.41, 5.74) is 8.63. The van der Waals surface area contributed by atoms with Crippen molar-refractivity contribution in [3.63, 3.8) is 0 Å². The summed E-state index contributed by atoms with van der Waals surface area (Å²) in [4.78, 5) is 31.0. The first-order valence-corrected chi connectivity index (χ1v) is 14.9. The molecule has 2 aliphatic rings. The number of likely N-dealkylation sites (N-methyl/N-ethyl adjacent to an activating group) is 1. The lowest BCUT2D eigenvalue weighted by atomic mass is 10.1. The van der Waals surface area contributed by atoms with Crippen molar-refractivity contribution in [3.05, 3.63) is 35.8 Å². The molecule has 5 heterocycles. The highest BCUT2D eigenvalue weighted by Gasteiger charge is 2.33. The minimum absolute atomic E-state index is 0.0594. The highest BCUT2D eigenvalue weighted by Crippen LogP contribution is 2.40. The summed E-state index contributed by atoms with van der Waals surface area (Å²) in [5.74, 6) is 0.596. The molecule has 0 aliphatic carbocycles. The fourth-order valence-corrected chi connectivity index (χ4v) is 6.98. The Morgan fingerprint density at radius 1 is 1.18 bits per heavy atom. The van der Waals surface area contributed by atoms with E-state index in [2.05, 4.69) is 16.7 Å². The normalized spacial score (nSPS) is 17.8. The number of aliphatic hydroxyl groups excluding tert-OH is 1. The fourth-order valence-electron chi connectivity index (χ4n) is 5.22. The van der Waals surface area contributed by atoms with E-state index < -0.39 is 0 Å². The standard InChI is InChI=1S/C26H32FN9O2S2/c1-4-19-23(33(3)24-30-21(22(28)39-24)15-5-7-16(27)8-6-15)36-25(29-19)40-26(31-36)34-10-9-17(11-34)32(2)14-20(38)35-12-18(37)13-35/h5-8,17-18,37H,4,9-14,28H2,1-3H3/t17-/m1/s1. The molecule has 212 valence electrons. The summed E-state index contributed by atoms with van der Waals surface area (Å²) in [6.45, 7) is 4.89. The second kappa shape index (κ2) is 10.6. The van der Waals surface area contributed by atoms with Gasteiger partial charge in [0.1, 0.15) is 16.5 Å². The van der Waals surface area contributed by atoms with Gasteiger partial charge in [0.15, 0.2) is 10.9 Å². The number of anilines is 4. The molecule has 4 aromatic rings. The van der Waals surface area contributed by atoms with E-state index in [1.165, 1.54) is 23.5 Å². The molecule has 0 bridgehead atoms. The number of benzene rings is 1. The zero-order chi connectivity index (χ0) is 28.1. The maximum atomic E-state index is 13.4. The summed E-state index contributed by atoms with van der Waals surface area (Å²) in [5, 5.41) is 16.6. The predicted octanol–water partition coefficient (Wildman–Crippen LogP) is 2.68. The van der Waals surface area contributed by atoms with Gasteiger partial charge in [-0.25, -0.2) is 14.4 Å². The number of fused-ring (bicyclic) bond motifs is 1. The van der Waals surface area contributed by atoms with Gasteiger partial charge in [0, 0.05) is 44.8 Å². The number of carbonyl (C=O) groups excluding carboxylic acids is 1. The number of nitrogens with two attached hydrogens (primary N) is 1. The van der Waals surface area contributed by atoms with Crippen molar-refractivity contribution in [2.45, 2.75) is 31.9 Å². The van der Waals surface area contributed by atoms with Gasteiger partial charge in [0.2, 0.25) is 16.0 Å². The molecule has 11 nitrogen and oxygen atoms in total. The number of thiazole rings is 1. The molecule has 14 heteroatoms. The minimum Gasteiger partial charge on any atom is -0.389 e. The highest BCUT2D eigenvalue weighted by molar-refractivity contribution is 7.20. The smallest absolute Gasteiger partial charge is 0.236 e. The van der Waals surface area contributed by atoms with E-state index in [0.717, 1.165) is 53.1 Å². The number of halogens is 1. The highest BCUT2D eigenvalue weighted by atomic mass is 32.1. The second-order valence-corrected chi connectivity index (χ2v) is 12.3. The van der Waals surface area contributed by atoms with Crippen LogP contribution in [0.15, 0.2) is 24.3 Å². The van der Waals surface area contributed by atoms with Gasteiger partial charge in [-0.15, -0.1) is 5.10 Å². The van der Waals surface area contributed by atoms with Crippen LogP contribution in [0.4, 0.5) is 25.5 Å². The molecule has 3 aromatic heterocycles. The van der Waals surface area contributed by atoms with Crippen molar-refractivity contribution < 1.29 is 14.3 Å². The van der Waals surface area contributed by atoms with Crippen LogP contribution < -0.4 is 15.5 Å². The molecular weight excluding hydrogens is 553 g/mol. The third kappa shape index (κ3) is 4.89. The number of hydrogen-bond donors (Lipinski definition) is 2. The van der Waals surface area contributed by atoms with Gasteiger partial charge in [0.25, 0.3) is 0 Å². The maximum Gasteiger partial charge on any atom is 0.236 e. The van der Waals surface area contributed by atoms with Crippen molar-refractivity contribution in [1.29, 1.82) is 0 Å². The van der Waals surface area contributed by atoms with E-state index in [1.807, 2.05) is 23.5 Å². The van der Waals surface area contributed by atoms with Crippen molar-refractivity contribution in [2.24, 2.45) is 0 Å². The Hall–Kier alpha value is -3.33. The van der Waals surface area contributed by atoms with Gasteiger partial charge in [-0.1, -0.05) is 29.6 Å². The zero-order valence-corrected chi connectivity index (χ0v) is 24.3. The molecule has 0 saturated carbocycles. The number of rotatable bonds is 8. The van der Waals surface area contributed by atoms with Gasteiger partial charge in [-0.05, 0) is 44.2 Å². The predicted molar refractivity (Wildman–Crippen MR) is 156 cm³/mol. The topological polar surface area (TPSA) is 119 Å². The Morgan fingerprint density at radius 2 is 1.93 bits per heavy atom. The molecule has 2 saturated heterocycles. The summed E-state index contributed by atoms with van der Waals surface area (Å²) in [6.07, 6.45) is 1.28. The molecular formula is C26H32FN9O2S2. The lowest BCUT2D eigenvalue weighted by Gasteiger charge is -2.37. The maximum absolute atomic E-state index is 13.4. The van der Waals surface area contributed by atoms with Crippen LogP contribution in [-0.4, -0.2) is 99.4 Å². The Kier molecular flexibility index (Phi) is 7.10. The van der Waals surface area contributed by atoms with E-state index in [1.54, 1.807) is 28.4 Å². The number of aryl methyl sites for hydroxylation is 1. The summed E-state index contributed by atoms with van der Waals surface area (Å²) < 4.78 is 15.3. The Bertz CT molecular complexity index is 1530. The van der Waals surface area contributed by atoms with Crippen LogP contribution >= 0.6 is 22.7 Å². The van der Waals surface area contributed by atoms with Crippen LogP contribution in [0.2, 0.25) is 0 Å². The van der Waals surface area contributed by atoms with Crippen LogP contribution in [0.25, 0.3) is 16.2 Å². The van der Waals surface area contributed by atoms with Gasteiger partial charge < -0.3 is 25.5 Å². The molecule has 3 N–H and O–H groups in total. The number of likely N-dealkylation sites (tertiary alicyclic amines) is 1. The molecule has 0 spiro atoms. The minimum atomic E-state index is -0.387. The van der Waals surface area contributed by atoms with Gasteiger partial charge in [0.05, 0.1) is 18.3 Å². The second-order valence-electron chi connectivity index (χ2n) is 10.3. The largest absolute Gasteiger partial charge is 0.389 e. The quantitative estimate of drug-likeness (QED) is 0.322. The number of nitrogen functional groups attached to an aromatic ring is 1. The lowest BCUT2D eigenvalue weighted by molar-refractivity contribution is -0.142. The third-order valence-corrected chi connectivity index (χ3v) is 9.53. The average Bonchev–Trinajstić information content (AvgIpc) is 3.69. The third-order valence-electron chi connectivity index (χ3n) is 7.59. The lowest BCUT2D eigenvalue weighted by Crippen LogP contribution is -2.56. The summed E-state index contributed by atoms with van der Waals surface area (Å²) in [7, 11) is 3.92. The van der Waals surface area contributed by atoms with Crippen LogP contribution in [0.1, 0.15) is 19.0 Å². The first-order valence-electron chi connectivity index (χ1n) is 13.3. The summed E-state index contributed by atoms with van der Waals surface area (Å²) >= 11 is 2.92. The average molecular weight is 586 g/mol. The van der Waals surface area contributed by atoms with Crippen molar-refractivity contribution >= 4 is 54.6 Å². The molecule has 2 fully saturated rings. The molecule has 2 aliphatic heterocycles. The van der Waals surface area contributed by atoms with Gasteiger partial charge in [-0.2, -0.15) is 4.52 Å². The monoisotopic (exact) mass is 585 g/mol. The number of nitrogens with zero attached hydrogens (tertiary/aromatic N) is 8. The van der Waals surface area contributed by atoms with Crippen LogP contribution in [-0.2, 0) is 11.2 Å². The molecule has 0 unspecified atom stereocenters. The Balaban J connectivity index is 1.20.